The van der Waals surface area contributed by atoms with Crippen LogP contribution in [-0.2, 0) is 16.6 Å². The predicted molar refractivity (Wildman–Crippen MR) is 89.3 cm³/mol. The van der Waals surface area contributed by atoms with Crippen LogP contribution in [0.1, 0.15) is 24.1 Å². The first-order valence-electron chi connectivity index (χ1n) is 6.85. The largest absolute Gasteiger partial charge is 0.379 e. The Labute approximate surface area is 132 Å². The normalized spacial score (nSPS) is 13.4. The number of anilines is 1. The van der Waals surface area contributed by atoms with E-state index < -0.39 is 15.7 Å². The first-order valence-corrected chi connectivity index (χ1v) is 8.58. The molecule has 0 spiro atoms. The minimum Gasteiger partial charge on any atom is -0.379 e. The minimum atomic E-state index is -0.885. The maximum Gasteiger partial charge on any atom is 0.269 e. The van der Waals surface area contributed by atoms with Crippen molar-refractivity contribution >= 4 is 22.2 Å². The molecule has 2 rings (SSSR count). The van der Waals surface area contributed by atoms with Crippen LogP contribution in [0, 0.1) is 10.1 Å². The molecule has 1 N–H and O–H groups in total. The molecule has 0 heterocycles. The molecule has 0 saturated carbocycles. The zero-order valence-electron chi connectivity index (χ0n) is 12.5. The lowest BCUT2D eigenvalue weighted by atomic mass is 10.1. The first kappa shape index (κ1) is 16.2. The molecule has 0 amide bonds. The second-order valence-corrected chi connectivity index (χ2v) is 6.57. The van der Waals surface area contributed by atoms with Gasteiger partial charge in [-0.1, -0.05) is 24.3 Å². The molecule has 116 valence electrons. The molecule has 5 nitrogen and oxygen atoms in total. The summed E-state index contributed by atoms with van der Waals surface area (Å²) in [5.41, 5.74) is 2.83. The van der Waals surface area contributed by atoms with Gasteiger partial charge < -0.3 is 5.32 Å². The molecular weight excluding hydrogens is 300 g/mol. The quantitative estimate of drug-likeness (QED) is 0.652. The van der Waals surface area contributed by atoms with Crippen molar-refractivity contribution in [3.8, 4) is 0 Å². The second-order valence-electron chi connectivity index (χ2n) is 5.14. The molecule has 0 aliphatic rings. The number of nitro groups is 1. The number of hydrogen-bond donors (Lipinski definition) is 1. The SMILES string of the molecule is CC(Nc1cccc(CS(C)=O)c1)c1cccc([N+](=O)[O-])c1. The summed E-state index contributed by atoms with van der Waals surface area (Å²) in [6.45, 7) is 1.95. The Bertz CT molecular complexity index is 703. The van der Waals surface area contributed by atoms with Gasteiger partial charge in [0.15, 0.2) is 0 Å². The Balaban J connectivity index is 2.14. The summed E-state index contributed by atoms with van der Waals surface area (Å²) in [4.78, 5) is 10.4. The standard InChI is InChI=1S/C16H18N2O3S/c1-12(14-6-4-8-16(10-14)18(19)20)17-15-7-3-5-13(9-15)11-22(2)21/h3-10,12,17H,11H2,1-2H3. The van der Waals surface area contributed by atoms with E-state index in [0.29, 0.717) is 5.75 Å². The molecule has 0 aliphatic carbocycles. The fraction of sp³-hybridized carbons (Fsp3) is 0.250. The molecule has 2 unspecified atom stereocenters. The zero-order valence-corrected chi connectivity index (χ0v) is 13.3. The Morgan fingerprint density at radius 3 is 2.64 bits per heavy atom. The highest BCUT2D eigenvalue weighted by Crippen LogP contribution is 2.23. The Morgan fingerprint density at radius 2 is 1.95 bits per heavy atom. The molecule has 0 radical (unpaired) electrons. The summed E-state index contributed by atoms with van der Waals surface area (Å²) in [7, 11) is -0.885. The van der Waals surface area contributed by atoms with E-state index >= 15 is 0 Å². The molecule has 22 heavy (non-hydrogen) atoms. The van der Waals surface area contributed by atoms with Crippen molar-refractivity contribution in [3.05, 3.63) is 69.8 Å². The summed E-state index contributed by atoms with van der Waals surface area (Å²) >= 11 is 0. The maximum absolute atomic E-state index is 11.3. The van der Waals surface area contributed by atoms with Crippen molar-refractivity contribution in [2.75, 3.05) is 11.6 Å². The lowest BCUT2D eigenvalue weighted by Crippen LogP contribution is -2.07. The molecule has 2 atom stereocenters. The van der Waals surface area contributed by atoms with Crippen LogP contribution in [-0.4, -0.2) is 15.4 Å². The van der Waals surface area contributed by atoms with Crippen molar-refractivity contribution in [2.24, 2.45) is 0 Å². The summed E-state index contributed by atoms with van der Waals surface area (Å²) in [5.74, 6) is 0.515. The monoisotopic (exact) mass is 318 g/mol. The molecule has 6 heteroatoms. The Hall–Kier alpha value is -2.21. The van der Waals surface area contributed by atoms with Gasteiger partial charge in [-0.2, -0.15) is 0 Å². The molecule has 2 aromatic rings. The average molecular weight is 318 g/mol. The summed E-state index contributed by atoms with van der Waals surface area (Å²) < 4.78 is 11.3. The van der Waals surface area contributed by atoms with Crippen LogP contribution in [0.15, 0.2) is 48.5 Å². The van der Waals surface area contributed by atoms with E-state index in [1.807, 2.05) is 37.3 Å². The number of nitrogens with one attached hydrogen (secondary N) is 1. The van der Waals surface area contributed by atoms with E-state index in [2.05, 4.69) is 5.32 Å². The lowest BCUT2D eigenvalue weighted by molar-refractivity contribution is -0.384. The summed E-state index contributed by atoms with van der Waals surface area (Å²) in [5, 5.41) is 14.2. The van der Waals surface area contributed by atoms with E-state index in [1.54, 1.807) is 18.4 Å². The Morgan fingerprint density at radius 1 is 1.23 bits per heavy atom. The van der Waals surface area contributed by atoms with E-state index in [0.717, 1.165) is 16.8 Å². The van der Waals surface area contributed by atoms with E-state index in [4.69, 9.17) is 0 Å². The molecule has 0 bridgehead atoms. The van der Waals surface area contributed by atoms with Crippen molar-refractivity contribution in [2.45, 2.75) is 18.7 Å². The highest BCUT2D eigenvalue weighted by Gasteiger charge is 2.11. The van der Waals surface area contributed by atoms with Crippen molar-refractivity contribution in [3.63, 3.8) is 0 Å². The van der Waals surface area contributed by atoms with Gasteiger partial charge in [0.1, 0.15) is 0 Å². The van der Waals surface area contributed by atoms with Crippen LogP contribution in [0.5, 0.6) is 0 Å². The Kier molecular flexibility index (Phi) is 5.27. The van der Waals surface area contributed by atoms with Crippen LogP contribution >= 0.6 is 0 Å². The van der Waals surface area contributed by atoms with Gasteiger partial charge in [0, 0.05) is 46.7 Å². The molecule has 0 aliphatic heterocycles. The fourth-order valence-corrected chi connectivity index (χ4v) is 2.88. The topological polar surface area (TPSA) is 72.2 Å². The highest BCUT2D eigenvalue weighted by molar-refractivity contribution is 7.83. The van der Waals surface area contributed by atoms with Gasteiger partial charge in [-0.3, -0.25) is 14.3 Å². The van der Waals surface area contributed by atoms with Gasteiger partial charge in [0.2, 0.25) is 0 Å². The van der Waals surface area contributed by atoms with Gasteiger partial charge in [0.25, 0.3) is 5.69 Å². The number of hydrogen-bond acceptors (Lipinski definition) is 4. The van der Waals surface area contributed by atoms with Gasteiger partial charge in [0.05, 0.1) is 4.92 Å². The minimum absolute atomic E-state index is 0.0673. The van der Waals surface area contributed by atoms with Crippen LogP contribution in [0.3, 0.4) is 0 Å². The third-order valence-corrected chi connectivity index (χ3v) is 4.00. The molecule has 0 aromatic heterocycles. The molecular formula is C16H18N2O3S. The van der Waals surface area contributed by atoms with E-state index in [1.165, 1.54) is 6.07 Å². The average Bonchev–Trinajstić information content (AvgIpc) is 2.47. The number of benzene rings is 2. The molecule has 2 aromatic carbocycles. The smallest absolute Gasteiger partial charge is 0.269 e. The van der Waals surface area contributed by atoms with E-state index in [9.17, 15) is 14.3 Å². The van der Waals surface area contributed by atoms with Crippen LogP contribution in [0.25, 0.3) is 0 Å². The number of nitrogens with zero attached hydrogens (tertiary/aromatic N) is 1. The molecule has 0 saturated heterocycles. The van der Waals surface area contributed by atoms with Gasteiger partial charge >= 0.3 is 0 Å². The van der Waals surface area contributed by atoms with Crippen molar-refractivity contribution in [1.29, 1.82) is 0 Å². The van der Waals surface area contributed by atoms with Crippen LogP contribution in [0.2, 0.25) is 0 Å². The van der Waals surface area contributed by atoms with Crippen molar-refractivity contribution in [1.82, 2.24) is 0 Å². The van der Waals surface area contributed by atoms with Crippen molar-refractivity contribution < 1.29 is 9.13 Å². The van der Waals surface area contributed by atoms with Crippen LogP contribution in [0.4, 0.5) is 11.4 Å². The number of nitro benzene ring substituents is 1. The number of rotatable bonds is 6. The van der Waals surface area contributed by atoms with E-state index in [-0.39, 0.29) is 11.7 Å². The lowest BCUT2D eigenvalue weighted by Gasteiger charge is -2.16. The second kappa shape index (κ2) is 7.17. The predicted octanol–water partition coefficient (Wildman–Crippen LogP) is 3.65. The summed E-state index contributed by atoms with van der Waals surface area (Å²) in [6, 6.07) is 14.2. The zero-order chi connectivity index (χ0) is 16.1. The third kappa shape index (κ3) is 4.39. The van der Waals surface area contributed by atoms with Gasteiger partial charge in [-0.25, -0.2) is 0 Å². The van der Waals surface area contributed by atoms with Gasteiger partial charge in [-0.05, 0) is 30.2 Å². The first-order chi connectivity index (χ1) is 10.5. The summed E-state index contributed by atoms with van der Waals surface area (Å²) in [6.07, 6.45) is 1.67. The fourth-order valence-electron chi connectivity index (χ4n) is 2.23. The molecule has 0 fully saturated rings. The van der Waals surface area contributed by atoms with Crippen LogP contribution < -0.4 is 5.32 Å². The number of non-ortho nitro benzene ring substituents is 1. The highest BCUT2D eigenvalue weighted by atomic mass is 32.2. The van der Waals surface area contributed by atoms with Gasteiger partial charge in [-0.15, -0.1) is 0 Å². The maximum atomic E-state index is 11.3. The third-order valence-electron chi connectivity index (χ3n) is 3.26.